The first-order valence-electron chi connectivity index (χ1n) is 10.2. The lowest BCUT2D eigenvalue weighted by molar-refractivity contribution is -0.144. The first kappa shape index (κ1) is 19.9. The van der Waals surface area contributed by atoms with Crippen LogP contribution in [0.2, 0.25) is 0 Å². The number of carbonyl (C=O) groups excluding carboxylic acids is 1. The molecule has 2 saturated heterocycles. The number of hydrogen-bond donors (Lipinski definition) is 1. The third-order valence-electron chi connectivity index (χ3n) is 6.24. The van der Waals surface area contributed by atoms with Crippen molar-refractivity contribution in [3.63, 3.8) is 0 Å². The number of aliphatic carboxylic acids is 1. The van der Waals surface area contributed by atoms with Crippen LogP contribution in [0.4, 0.5) is 0 Å². The lowest BCUT2D eigenvalue weighted by Crippen LogP contribution is -2.41. The Hall–Kier alpha value is -1.88. The molecule has 5 heteroatoms. The Kier molecular flexibility index (Phi) is 6.20. The Morgan fingerprint density at radius 2 is 1.78 bits per heavy atom. The van der Waals surface area contributed by atoms with Gasteiger partial charge in [-0.15, -0.1) is 0 Å². The van der Waals surface area contributed by atoms with Crippen LogP contribution in [0, 0.1) is 26.7 Å². The second-order valence-electron chi connectivity index (χ2n) is 8.31. The summed E-state index contributed by atoms with van der Waals surface area (Å²) in [6.45, 7) is 9.48. The molecule has 2 heterocycles. The maximum atomic E-state index is 12.1. The molecule has 5 nitrogen and oxygen atoms in total. The minimum absolute atomic E-state index is 0.295. The van der Waals surface area contributed by atoms with Crippen LogP contribution in [0.5, 0.6) is 0 Å². The molecule has 1 amide bonds. The second-order valence-corrected chi connectivity index (χ2v) is 8.31. The molecule has 0 aromatic heterocycles. The number of likely N-dealkylation sites (tertiary alicyclic amines) is 2. The van der Waals surface area contributed by atoms with Gasteiger partial charge in [0.05, 0.1) is 0 Å². The van der Waals surface area contributed by atoms with Crippen molar-refractivity contribution in [3.8, 4) is 0 Å². The standard InChI is InChI=1S/C22H32N2O3/c1-15-13-16(2)20(17(3)14-15)21(22(26)27)24-11-7-18(8-12-24)6-10-23-9-4-5-19(23)25/h13-14,18,21H,4-12H2,1-3H3,(H,26,27). The smallest absolute Gasteiger partial charge is 0.325 e. The zero-order valence-corrected chi connectivity index (χ0v) is 16.8. The van der Waals surface area contributed by atoms with Crippen molar-refractivity contribution in [2.75, 3.05) is 26.2 Å². The van der Waals surface area contributed by atoms with E-state index in [4.69, 9.17) is 0 Å². The summed E-state index contributed by atoms with van der Waals surface area (Å²) in [6, 6.07) is 3.60. The van der Waals surface area contributed by atoms with Crippen LogP contribution in [-0.2, 0) is 9.59 Å². The van der Waals surface area contributed by atoms with E-state index >= 15 is 0 Å². The van der Waals surface area contributed by atoms with Gasteiger partial charge in [0.2, 0.25) is 5.91 Å². The predicted octanol–water partition coefficient (Wildman–Crippen LogP) is 3.46. The zero-order chi connectivity index (χ0) is 19.6. The van der Waals surface area contributed by atoms with E-state index in [0.29, 0.717) is 18.2 Å². The van der Waals surface area contributed by atoms with Crippen LogP contribution < -0.4 is 0 Å². The molecule has 0 saturated carbocycles. The number of amides is 1. The lowest BCUT2D eigenvalue weighted by Gasteiger charge is -2.37. The molecule has 1 unspecified atom stereocenters. The van der Waals surface area contributed by atoms with Crippen LogP contribution >= 0.6 is 0 Å². The van der Waals surface area contributed by atoms with Gasteiger partial charge in [-0.3, -0.25) is 14.5 Å². The van der Waals surface area contributed by atoms with Gasteiger partial charge in [-0.25, -0.2) is 0 Å². The lowest BCUT2D eigenvalue weighted by atomic mass is 9.89. The van der Waals surface area contributed by atoms with Gasteiger partial charge in [-0.1, -0.05) is 17.7 Å². The molecule has 2 aliphatic heterocycles. The fourth-order valence-corrected chi connectivity index (χ4v) is 4.86. The van der Waals surface area contributed by atoms with Crippen molar-refractivity contribution in [2.24, 2.45) is 5.92 Å². The summed E-state index contributed by atoms with van der Waals surface area (Å²) in [6.07, 6.45) is 4.76. The van der Waals surface area contributed by atoms with Crippen LogP contribution in [0.1, 0.15) is 60.4 Å². The third kappa shape index (κ3) is 4.52. The highest BCUT2D eigenvalue weighted by atomic mass is 16.4. The molecular weight excluding hydrogens is 340 g/mol. The van der Waals surface area contributed by atoms with Gasteiger partial charge in [0.25, 0.3) is 0 Å². The van der Waals surface area contributed by atoms with Gasteiger partial charge in [-0.05, 0) is 82.2 Å². The second kappa shape index (κ2) is 8.42. The zero-order valence-electron chi connectivity index (χ0n) is 16.8. The molecule has 1 atom stereocenters. The normalized spacial score (nSPS) is 20.3. The van der Waals surface area contributed by atoms with Crippen molar-refractivity contribution in [1.82, 2.24) is 9.80 Å². The molecule has 1 aromatic rings. The molecule has 1 N–H and O–H groups in total. The van der Waals surface area contributed by atoms with Crippen LogP contribution in [0.15, 0.2) is 12.1 Å². The van der Waals surface area contributed by atoms with Crippen molar-refractivity contribution in [3.05, 3.63) is 34.4 Å². The molecule has 3 rings (SSSR count). The number of carboxylic acids is 1. The largest absolute Gasteiger partial charge is 0.480 e. The molecular formula is C22H32N2O3. The van der Waals surface area contributed by atoms with Crippen molar-refractivity contribution >= 4 is 11.9 Å². The van der Waals surface area contributed by atoms with Crippen molar-refractivity contribution in [1.29, 1.82) is 0 Å². The molecule has 2 fully saturated rings. The average Bonchev–Trinajstić information content (AvgIpc) is 3.01. The monoisotopic (exact) mass is 372 g/mol. The fraction of sp³-hybridized carbons (Fsp3) is 0.636. The highest BCUT2D eigenvalue weighted by Crippen LogP contribution is 2.32. The summed E-state index contributed by atoms with van der Waals surface area (Å²) in [4.78, 5) is 28.0. The minimum Gasteiger partial charge on any atom is -0.480 e. The number of carbonyl (C=O) groups is 2. The van der Waals surface area contributed by atoms with Crippen molar-refractivity contribution < 1.29 is 14.7 Å². The molecule has 27 heavy (non-hydrogen) atoms. The molecule has 0 radical (unpaired) electrons. The number of rotatable bonds is 6. The van der Waals surface area contributed by atoms with E-state index in [9.17, 15) is 14.7 Å². The van der Waals surface area contributed by atoms with Gasteiger partial charge in [0, 0.05) is 19.5 Å². The number of piperidine rings is 1. The van der Waals surface area contributed by atoms with E-state index in [1.807, 2.05) is 18.7 Å². The Morgan fingerprint density at radius 1 is 1.15 bits per heavy atom. The highest BCUT2D eigenvalue weighted by Gasteiger charge is 2.33. The quantitative estimate of drug-likeness (QED) is 0.831. The number of nitrogens with zero attached hydrogens (tertiary/aromatic N) is 2. The van der Waals surface area contributed by atoms with E-state index in [-0.39, 0.29) is 0 Å². The van der Waals surface area contributed by atoms with E-state index in [1.165, 1.54) is 5.56 Å². The van der Waals surface area contributed by atoms with Gasteiger partial charge in [0.1, 0.15) is 6.04 Å². The number of aryl methyl sites for hydroxylation is 3. The van der Waals surface area contributed by atoms with Crippen LogP contribution in [0.3, 0.4) is 0 Å². The minimum atomic E-state index is -0.758. The molecule has 0 bridgehead atoms. The Labute approximate surface area is 162 Å². The third-order valence-corrected chi connectivity index (χ3v) is 6.24. The predicted molar refractivity (Wildman–Crippen MR) is 106 cm³/mol. The Bertz CT molecular complexity index is 685. The van der Waals surface area contributed by atoms with Gasteiger partial charge in [0.15, 0.2) is 0 Å². The summed E-state index contributed by atoms with van der Waals surface area (Å²) in [7, 11) is 0. The SMILES string of the molecule is Cc1cc(C)c(C(C(=O)O)N2CCC(CCN3CCCC3=O)CC2)c(C)c1. The highest BCUT2D eigenvalue weighted by molar-refractivity contribution is 5.78. The Balaban J connectivity index is 1.62. The van der Waals surface area contributed by atoms with E-state index in [2.05, 4.69) is 24.0 Å². The summed E-state index contributed by atoms with van der Waals surface area (Å²) in [5.41, 5.74) is 4.26. The van der Waals surface area contributed by atoms with E-state index in [0.717, 1.165) is 68.6 Å². The van der Waals surface area contributed by atoms with Gasteiger partial charge < -0.3 is 10.0 Å². The first-order chi connectivity index (χ1) is 12.9. The van der Waals surface area contributed by atoms with Crippen molar-refractivity contribution in [2.45, 2.75) is 58.9 Å². The van der Waals surface area contributed by atoms with Gasteiger partial charge in [-0.2, -0.15) is 0 Å². The topological polar surface area (TPSA) is 60.9 Å². The summed E-state index contributed by atoms with van der Waals surface area (Å²) < 4.78 is 0. The fourth-order valence-electron chi connectivity index (χ4n) is 4.86. The molecule has 2 aliphatic rings. The van der Waals surface area contributed by atoms with Gasteiger partial charge >= 0.3 is 5.97 Å². The first-order valence-corrected chi connectivity index (χ1v) is 10.2. The average molecular weight is 373 g/mol. The number of benzene rings is 1. The summed E-state index contributed by atoms with van der Waals surface area (Å²) in [5.74, 6) is 0.124. The molecule has 1 aromatic carbocycles. The Morgan fingerprint density at radius 3 is 2.30 bits per heavy atom. The van der Waals surface area contributed by atoms with Crippen LogP contribution in [0.25, 0.3) is 0 Å². The maximum absolute atomic E-state index is 12.1. The number of hydrogen-bond acceptors (Lipinski definition) is 3. The maximum Gasteiger partial charge on any atom is 0.325 e. The van der Waals surface area contributed by atoms with E-state index in [1.54, 1.807) is 0 Å². The summed E-state index contributed by atoms with van der Waals surface area (Å²) >= 11 is 0. The number of carboxylic acid groups (broad SMARTS) is 1. The summed E-state index contributed by atoms with van der Waals surface area (Å²) in [5, 5.41) is 9.95. The van der Waals surface area contributed by atoms with Crippen LogP contribution in [-0.4, -0.2) is 53.0 Å². The molecule has 0 aliphatic carbocycles. The van der Waals surface area contributed by atoms with E-state index < -0.39 is 12.0 Å². The molecule has 0 spiro atoms. The molecule has 148 valence electrons.